The highest BCUT2D eigenvalue weighted by Crippen LogP contribution is 2.31. The van der Waals surface area contributed by atoms with E-state index in [-0.39, 0.29) is 6.10 Å². The molecule has 1 saturated heterocycles. The highest BCUT2D eigenvalue weighted by Gasteiger charge is 2.34. The number of carbonyl (C=O) groups is 1. The van der Waals surface area contributed by atoms with Gasteiger partial charge in [0.05, 0.1) is 11.6 Å². The summed E-state index contributed by atoms with van der Waals surface area (Å²) in [5.41, 5.74) is 4.07. The van der Waals surface area contributed by atoms with Crippen LogP contribution >= 0.6 is 0 Å². The third-order valence-electron chi connectivity index (χ3n) is 6.88. The molecule has 2 N–H and O–H groups in total. The van der Waals surface area contributed by atoms with Gasteiger partial charge in [0.15, 0.2) is 0 Å². The normalized spacial score (nSPS) is 19.0. The zero-order valence-electron chi connectivity index (χ0n) is 19.4. The van der Waals surface area contributed by atoms with Crippen molar-refractivity contribution >= 4 is 22.7 Å². The molecule has 0 aliphatic carbocycles. The van der Waals surface area contributed by atoms with Crippen LogP contribution in [0, 0.1) is 0 Å². The molecule has 0 bridgehead atoms. The summed E-state index contributed by atoms with van der Waals surface area (Å²) in [6, 6.07) is 13.2. The van der Waals surface area contributed by atoms with Crippen LogP contribution < -0.4 is 5.32 Å². The quantitative estimate of drug-likeness (QED) is 0.462. The molecule has 34 heavy (non-hydrogen) atoms. The summed E-state index contributed by atoms with van der Waals surface area (Å²) in [5.74, 6) is 0.227. The molecule has 2 atom stereocenters. The first-order chi connectivity index (χ1) is 16.7. The lowest BCUT2D eigenvalue weighted by Crippen LogP contribution is -2.33. The predicted octanol–water partition coefficient (Wildman–Crippen LogP) is 4.23. The summed E-state index contributed by atoms with van der Waals surface area (Å²) in [7, 11) is 0. The Morgan fingerprint density at radius 1 is 1.21 bits per heavy atom. The Morgan fingerprint density at radius 3 is 3.06 bits per heavy atom. The van der Waals surface area contributed by atoms with Gasteiger partial charge in [-0.1, -0.05) is 24.3 Å². The van der Waals surface area contributed by atoms with Crippen LogP contribution in [-0.4, -0.2) is 58.3 Å². The van der Waals surface area contributed by atoms with Crippen molar-refractivity contribution in [3.8, 4) is 0 Å². The number of hydrogen-bond donors (Lipinski definition) is 2. The SMILES string of the molecule is O=C(O)C(c1cccc2ncccc12)N1CCC(OCCCCc2ccc3c(n2)NCCC3)C1. The zero-order valence-corrected chi connectivity index (χ0v) is 19.4. The topological polar surface area (TPSA) is 87.6 Å². The van der Waals surface area contributed by atoms with Crippen LogP contribution in [0.25, 0.3) is 10.9 Å². The minimum atomic E-state index is -0.830. The van der Waals surface area contributed by atoms with E-state index in [9.17, 15) is 9.90 Å². The van der Waals surface area contributed by atoms with Crippen molar-refractivity contribution in [1.82, 2.24) is 14.9 Å². The van der Waals surface area contributed by atoms with Crippen molar-refractivity contribution in [3.63, 3.8) is 0 Å². The van der Waals surface area contributed by atoms with Crippen molar-refractivity contribution in [2.24, 2.45) is 0 Å². The molecule has 0 saturated carbocycles. The summed E-state index contributed by atoms with van der Waals surface area (Å²) in [4.78, 5) is 23.4. The fraction of sp³-hybridized carbons (Fsp3) is 0.444. The van der Waals surface area contributed by atoms with Crippen LogP contribution in [0.3, 0.4) is 0 Å². The number of fused-ring (bicyclic) bond motifs is 2. The van der Waals surface area contributed by atoms with Crippen molar-refractivity contribution in [2.75, 3.05) is 31.6 Å². The number of aliphatic carboxylic acids is 1. The molecule has 178 valence electrons. The highest BCUT2D eigenvalue weighted by molar-refractivity contribution is 5.88. The fourth-order valence-electron chi connectivity index (χ4n) is 5.14. The van der Waals surface area contributed by atoms with E-state index in [0.29, 0.717) is 19.7 Å². The molecule has 0 radical (unpaired) electrons. The standard InChI is InChI=1S/C27H32N4O3/c32-27(33)25(23-8-3-10-24-22(23)9-5-14-28-24)31-16-13-21(18-31)34-17-2-1-7-20-12-11-19-6-4-15-29-26(19)30-20/h3,5,8-12,14,21,25H,1-2,4,6-7,13,15-18H2,(H,29,30)(H,32,33). The molecule has 0 amide bonds. The zero-order chi connectivity index (χ0) is 23.3. The minimum Gasteiger partial charge on any atom is -0.480 e. The molecule has 3 aromatic rings. The van der Waals surface area contributed by atoms with Crippen LogP contribution in [0.5, 0.6) is 0 Å². The molecule has 2 aromatic heterocycles. The lowest BCUT2D eigenvalue weighted by atomic mass is 10.0. The molecule has 2 aliphatic heterocycles. The number of likely N-dealkylation sites (tertiary alicyclic amines) is 1. The Balaban J connectivity index is 1.12. The fourth-order valence-corrected chi connectivity index (χ4v) is 5.14. The Hall–Kier alpha value is -3.03. The Labute approximate surface area is 200 Å². The number of pyridine rings is 2. The Morgan fingerprint density at radius 2 is 2.15 bits per heavy atom. The number of hydrogen-bond acceptors (Lipinski definition) is 6. The van der Waals surface area contributed by atoms with E-state index in [4.69, 9.17) is 9.72 Å². The van der Waals surface area contributed by atoms with E-state index in [2.05, 4.69) is 22.4 Å². The van der Waals surface area contributed by atoms with Gasteiger partial charge in [-0.3, -0.25) is 14.7 Å². The monoisotopic (exact) mass is 460 g/mol. The highest BCUT2D eigenvalue weighted by atomic mass is 16.5. The number of benzene rings is 1. The number of aromatic nitrogens is 2. The van der Waals surface area contributed by atoms with E-state index >= 15 is 0 Å². The molecule has 7 nitrogen and oxygen atoms in total. The van der Waals surface area contributed by atoms with Gasteiger partial charge in [0.25, 0.3) is 0 Å². The number of aryl methyl sites for hydroxylation is 2. The second-order valence-corrected chi connectivity index (χ2v) is 9.23. The number of carboxylic acid groups (broad SMARTS) is 1. The van der Waals surface area contributed by atoms with Crippen LogP contribution in [0.2, 0.25) is 0 Å². The maximum atomic E-state index is 12.2. The van der Waals surface area contributed by atoms with Gasteiger partial charge in [-0.15, -0.1) is 0 Å². The lowest BCUT2D eigenvalue weighted by Gasteiger charge is -2.25. The Kier molecular flexibility index (Phi) is 7.02. The molecule has 0 spiro atoms. The maximum absolute atomic E-state index is 12.2. The maximum Gasteiger partial charge on any atom is 0.325 e. The number of ether oxygens (including phenoxy) is 1. The number of carboxylic acids is 1. The first-order valence-corrected chi connectivity index (χ1v) is 12.3. The first-order valence-electron chi connectivity index (χ1n) is 12.3. The number of rotatable bonds is 9. The van der Waals surface area contributed by atoms with E-state index in [1.165, 1.54) is 12.0 Å². The molecular weight excluding hydrogens is 428 g/mol. The molecule has 5 rings (SSSR count). The largest absolute Gasteiger partial charge is 0.480 e. The number of nitrogens with one attached hydrogen (secondary N) is 1. The van der Waals surface area contributed by atoms with Gasteiger partial charge >= 0.3 is 5.97 Å². The molecule has 7 heteroatoms. The van der Waals surface area contributed by atoms with Gasteiger partial charge < -0.3 is 15.2 Å². The van der Waals surface area contributed by atoms with Crippen molar-refractivity contribution in [1.29, 1.82) is 0 Å². The van der Waals surface area contributed by atoms with Crippen molar-refractivity contribution in [2.45, 2.75) is 50.7 Å². The van der Waals surface area contributed by atoms with Crippen LogP contribution in [-0.2, 0) is 22.4 Å². The van der Waals surface area contributed by atoms with Gasteiger partial charge in [-0.2, -0.15) is 0 Å². The summed E-state index contributed by atoms with van der Waals surface area (Å²) in [6.07, 6.45) is 7.90. The van der Waals surface area contributed by atoms with Gasteiger partial charge in [0, 0.05) is 43.5 Å². The van der Waals surface area contributed by atoms with Crippen molar-refractivity contribution < 1.29 is 14.6 Å². The Bertz CT molecular complexity index is 1150. The third-order valence-corrected chi connectivity index (χ3v) is 6.88. The minimum absolute atomic E-state index is 0.0704. The molecule has 1 aromatic carbocycles. The molecular formula is C27H32N4O3. The van der Waals surface area contributed by atoms with Crippen molar-refractivity contribution in [3.05, 3.63) is 65.5 Å². The van der Waals surface area contributed by atoms with Gasteiger partial charge in [-0.05, 0) is 67.9 Å². The number of nitrogens with zero attached hydrogens (tertiary/aromatic N) is 3. The number of unbranched alkanes of at least 4 members (excludes halogenated alkanes) is 1. The van der Waals surface area contributed by atoms with Gasteiger partial charge in [0.2, 0.25) is 0 Å². The summed E-state index contributed by atoms with van der Waals surface area (Å²) in [5, 5.41) is 14.3. The lowest BCUT2D eigenvalue weighted by molar-refractivity contribution is -0.143. The second kappa shape index (κ2) is 10.5. The third kappa shape index (κ3) is 5.05. The molecule has 2 unspecified atom stereocenters. The van der Waals surface area contributed by atoms with Gasteiger partial charge in [-0.25, -0.2) is 4.98 Å². The van der Waals surface area contributed by atoms with E-state index in [0.717, 1.165) is 66.6 Å². The van der Waals surface area contributed by atoms with Crippen LogP contribution in [0.4, 0.5) is 5.82 Å². The molecule has 1 fully saturated rings. The average Bonchev–Trinajstić information content (AvgIpc) is 3.32. The summed E-state index contributed by atoms with van der Waals surface area (Å²) >= 11 is 0. The van der Waals surface area contributed by atoms with E-state index in [1.807, 2.05) is 35.2 Å². The van der Waals surface area contributed by atoms with E-state index < -0.39 is 12.0 Å². The molecule has 4 heterocycles. The average molecular weight is 461 g/mol. The van der Waals surface area contributed by atoms with Crippen LogP contribution in [0.15, 0.2) is 48.7 Å². The first kappa shape index (κ1) is 22.7. The van der Waals surface area contributed by atoms with Gasteiger partial charge in [0.1, 0.15) is 11.9 Å². The summed E-state index contributed by atoms with van der Waals surface area (Å²) in [6.45, 7) is 3.05. The number of anilines is 1. The van der Waals surface area contributed by atoms with E-state index in [1.54, 1.807) is 6.20 Å². The van der Waals surface area contributed by atoms with Crippen LogP contribution in [0.1, 0.15) is 48.5 Å². The molecule has 2 aliphatic rings. The summed E-state index contributed by atoms with van der Waals surface area (Å²) < 4.78 is 6.14. The smallest absolute Gasteiger partial charge is 0.325 e. The second-order valence-electron chi connectivity index (χ2n) is 9.23. The predicted molar refractivity (Wildman–Crippen MR) is 132 cm³/mol.